The minimum Gasteiger partial charge on any atom is -0.372 e. The lowest BCUT2D eigenvalue weighted by Crippen LogP contribution is -2.28. The third kappa shape index (κ3) is 4.04. The first kappa shape index (κ1) is 14.0. The molecule has 1 rings (SSSR count). The molecule has 0 spiro atoms. The van der Waals surface area contributed by atoms with Gasteiger partial charge in [-0.05, 0) is 43.9 Å². The summed E-state index contributed by atoms with van der Waals surface area (Å²) in [6.07, 6.45) is 0.968. The summed E-state index contributed by atoms with van der Waals surface area (Å²) in [5.41, 5.74) is 8.73. The lowest BCUT2D eigenvalue weighted by Gasteiger charge is -2.21. The summed E-state index contributed by atoms with van der Waals surface area (Å²) in [4.78, 5) is 2.35. The van der Waals surface area contributed by atoms with E-state index in [1.807, 2.05) is 0 Å². The SMILES string of the molecule is CCN(CC)c1ccc(CC(N)C(C)C)cc1. The van der Waals surface area contributed by atoms with Gasteiger partial charge < -0.3 is 10.6 Å². The van der Waals surface area contributed by atoms with Crippen molar-refractivity contribution in [2.24, 2.45) is 11.7 Å². The molecule has 0 aliphatic heterocycles. The van der Waals surface area contributed by atoms with Crippen molar-refractivity contribution in [2.45, 2.75) is 40.2 Å². The fourth-order valence-electron chi connectivity index (χ4n) is 1.94. The zero-order valence-electron chi connectivity index (χ0n) is 11.6. The molecular weight excluding hydrogens is 208 g/mol. The minimum atomic E-state index is 0.259. The van der Waals surface area contributed by atoms with Crippen LogP contribution in [0.3, 0.4) is 0 Å². The summed E-state index contributed by atoms with van der Waals surface area (Å²) < 4.78 is 0. The van der Waals surface area contributed by atoms with Crippen molar-refractivity contribution in [3.05, 3.63) is 29.8 Å². The topological polar surface area (TPSA) is 29.3 Å². The number of benzene rings is 1. The van der Waals surface area contributed by atoms with Gasteiger partial charge in [0.2, 0.25) is 0 Å². The molecule has 0 heterocycles. The van der Waals surface area contributed by atoms with E-state index in [9.17, 15) is 0 Å². The monoisotopic (exact) mass is 234 g/mol. The largest absolute Gasteiger partial charge is 0.372 e. The molecule has 0 saturated heterocycles. The quantitative estimate of drug-likeness (QED) is 0.819. The van der Waals surface area contributed by atoms with Crippen molar-refractivity contribution in [1.29, 1.82) is 0 Å². The van der Waals surface area contributed by atoms with Gasteiger partial charge in [-0.2, -0.15) is 0 Å². The van der Waals surface area contributed by atoms with Gasteiger partial charge in [-0.25, -0.2) is 0 Å². The van der Waals surface area contributed by atoms with E-state index >= 15 is 0 Å². The fourth-order valence-corrected chi connectivity index (χ4v) is 1.94. The van der Waals surface area contributed by atoms with Crippen LogP contribution < -0.4 is 10.6 Å². The molecule has 1 aromatic rings. The second kappa shape index (κ2) is 6.65. The van der Waals surface area contributed by atoms with Crippen LogP contribution >= 0.6 is 0 Å². The number of anilines is 1. The number of hydrogen-bond donors (Lipinski definition) is 1. The van der Waals surface area contributed by atoms with Crippen molar-refractivity contribution < 1.29 is 0 Å². The summed E-state index contributed by atoms with van der Waals surface area (Å²) in [6, 6.07) is 9.07. The molecule has 0 aliphatic carbocycles. The van der Waals surface area contributed by atoms with Crippen LogP contribution in [-0.4, -0.2) is 19.1 Å². The summed E-state index contributed by atoms with van der Waals surface area (Å²) in [7, 11) is 0. The predicted molar refractivity (Wildman–Crippen MR) is 76.5 cm³/mol. The molecule has 2 nitrogen and oxygen atoms in total. The highest BCUT2D eigenvalue weighted by atomic mass is 15.1. The molecule has 0 fully saturated rings. The Kier molecular flexibility index (Phi) is 5.49. The Morgan fingerprint density at radius 3 is 2.00 bits per heavy atom. The Labute approximate surface area is 106 Å². The molecule has 1 unspecified atom stereocenters. The highest BCUT2D eigenvalue weighted by Gasteiger charge is 2.08. The average Bonchev–Trinajstić information content (AvgIpc) is 2.32. The second-order valence-electron chi connectivity index (χ2n) is 4.95. The molecular formula is C15H26N2. The van der Waals surface area contributed by atoms with Crippen LogP contribution in [-0.2, 0) is 6.42 Å². The van der Waals surface area contributed by atoms with Gasteiger partial charge >= 0.3 is 0 Å². The van der Waals surface area contributed by atoms with E-state index in [1.165, 1.54) is 11.3 Å². The van der Waals surface area contributed by atoms with Crippen LogP contribution in [0.15, 0.2) is 24.3 Å². The van der Waals surface area contributed by atoms with Gasteiger partial charge in [-0.3, -0.25) is 0 Å². The van der Waals surface area contributed by atoms with E-state index in [1.54, 1.807) is 0 Å². The Morgan fingerprint density at radius 2 is 1.59 bits per heavy atom. The third-order valence-corrected chi connectivity index (χ3v) is 3.39. The van der Waals surface area contributed by atoms with Crippen LogP contribution in [0, 0.1) is 5.92 Å². The van der Waals surface area contributed by atoms with Crippen molar-refractivity contribution >= 4 is 5.69 Å². The Bertz CT molecular complexity index is 312. The summed E-state index contributed by atoms with van der Waals surface area (Å²) in [5.74, 6) is 0.539. The molecule has 0 aliphatic rings. The molecule has 0 bridgehead atoms. The Morgan fingerprint density at radius 1 is 1.06 bits per heavy atom. The molecule has 2 N–H and O–H groups in total. The van der Waals surface area contributed by atoms with Gasteiger partial charge in [0.1, 0.15) is 0 Å². The number of rotatable bonds is 6. The smallest absolute Gasteiger partial charge is 0.0366 e. The Balaban J connectivity index is 2.67. The predicted octanol–water partition coefficient (Wildman–Crippen LogP) is 3.06. The maximum Gasteiger partial charge on any atom is 0.0366 e. The number of nitrogens with zero attached hydrogens (tertiary/aromatic N) is 1. The lowest BCUT2D eigenvalue weighted by molar-refractivity contribution is 0.490. The third-order valence-electron chi connectivity index (χ3n) is 3.39. The normalized spacial score (nSPS) is 12.8. The molecule has 96 valence electrons. The molecule has 0 saturated carbocycles. The first-order chi connectivity index (χ1) is 8.08. The zero-order chi connectivity index (χ0) is 12.8. The molecule has 1 aromatic carbocycles. The molecule has 0 radical (unpaired) electrons. The maximum absolute atomic E-state index is 6.09. The van der Waals surface area contributed by atoms with Crippen molar-refractivity contribution in [1.82, 2.24) is 0 Å². The van der Waals surface area contributed by atoms with E-state index in [0.717, 1.165) is 19.5 Å². The first-order valence-electron chi connectivity index (χ1n) is 6.67. The average molecular weight is 234 g/mol. The van der Waals surface area contributed by atoms with Crippen molar-refractivity contribution in [3.63, 3.8) is 0 Å². The summed E-state index contributed by atoms with van der Waals surface area (Å²) in [5, 5.41) is 0. The van der Waals surface area contributed by atoms with Crippen molar-refractivity contribution in [2.75, 3.05) is 18.0 Å². The van der Waals surface area contributed by atoms with Gasteiger partial charge in [0.15, 0.2) is 0 Å². The standard InChI is InChI=1S/C15H26N2/c1-5-17(6-2)14-9-7-13(8-10-14)11-15(16)12(3)4/h7-10,12,15H,5-6,11,16H2,1-4H3. The van der Waals surface area contributed by atoms with Gasteiger partial charge in [-0.1, -0.05) is 26.0 Å². The first-order valence-corrected chi connectivity index (χ1v) is 6.67. The molecule has 1 atom stereocenters. The summed E-state index contributed by atoms with van der Waals surface area (Å²) >= 11 is 0. The van der Waals surface area contributed by atoms with Crippen molar-refractivity contribution in [3.8, 4) is 0 Å². The number of nitrogens with two attached hydrogens (primary N) is 1. The van der Waals surface area contributed by atoms with E-state index in [-0.39, 0.29) is 6.04 Å². The van der Waals surface area contributed by atoms with E-state index in [0.29, 0.717) is 5.92 Å². The highest BCUT2D eigenvalue weighted by molar-refractivity contribution is 5.47. The van der Waals surface area contributed by atoms with Crippen LogP contribution in [0.1, 0.15) is 33.3 Å². The van der Waals surface area contributed by atoms with E-state index in [2.05, 4.69) is 56.9 Å². The van der Waals surface area contributed by atoms with Crippen LogP contribution in [0.4, 0.5) is 5.69 Å². The molecule has 0 aromatic heterocycles. The minimum absolute atomic E-state index is 0.259. The van der Waals surface area contributed by atoms with Gasteiger partial charge in [0.05, 0.1) is 0 Å². The Hall–Kier alpha value is -1.02. The molecule has 17 heavy (non-hydrogen) atoms. The van der Waals surface area contributed by atoms with E-state index < -0.39 is 0 Å². The van der Waals surface area contributed by atoms with Crippen LogP contribution in [0.2, 0.25) is 0 Å². The van der Waals surface area contributed by atoms with Crippen LogP contribution in [0.5, 0.6) is 0 Å². The second-order valence-corrected chi connectivity index (χ2v) is 4.95. The van der Waals surface area contributed by atoms with Crippen LogP contribution in [0.25, 0.3) is 0 Å². The molecule has 0 amide bonds. The molecule has 2 heteroatoms. The fraction of sp³-hybridized carbons (Fsp3) is 0.600. The van der Waals surface area contributed by atoms with Gasteiger partial charge in [0, 0.05) is 24.8 Å². The maximum atomic E-state index is 6.09. The van der Waals surface area contributed by atoms with E-state index in [4.69, 9.17) is 5.73 Å². The highest BCUT2D eigenvalue weighted by Crippen LogP contribution is 2.16. The lowest BCUT2D eigenvalue weighted by atomic mass is 9.97. The number of hydrogen-bond acceptors (Lipinski definition) is 2. The van der Waals surface area contributed by atoms with Gasteiger partial charge in [0.25, 0.3) is 0 Å². The van der Waals surface area contributed by atoms with Gasteiger partial charge in [-0.15, -0.1) is 0 Å². The zero-order valence-corrected chi connectivity index (χ0v) is 11.6. The summed E-state index contributed by atoms with van der Waals surface area (Å²) in [6.45, 7) is 10.8.